The van der Waals surface area contributed by atoms with Gasteiger partial charge in [0.2, 0.25) is 0 Å². The van der Waals surface area contributed by atoms with E-state index in [2.05, 4.69) is 5.32 Å². The Morgan fingerprint density at radius 1 is 1.43 bits per heavy atom. The van der Waals surface area contributed by atoms with Gasteiger partial charge in [-0.1, -0.05) is 11.6 Å². The smallest absolute Gasteiger partial charge is 0.255 e. The van der Waals surface area contributed by atoms with E-state index in [1.807, 2.05) is 0 Å². The predicted octanol–water partition coefficient (Wildman–Crippen LogP) is 2.71. The molecular weight excluding hydrogens is 294 g/mol. The third-order valence-corrected chi connectivity index (χ3v) is 3.19. The predicted molar refractivity (Wildman–Crippen MR) is 78.7 cm³/mol. The SMILES string of the molecule is COc1ccc(Cl)cc1C(=O)NCC(O)c1ccc(C)o1. The molecule has 0 saturated carbocycles. The van der Waals surface area contributed by atoms with E-state index in [0.717, 1.165) is 0 Å². The molecule has 1 amide bonds. The Morgan fingerprint density at radius 3 is 2.81 bits per heavy atom. The average molecular weight is 310 g/mol. The van der Waals surface area contributed by atoms with E-state index < -0.39 is 6.10 Å². The van der Waals surface area contributed by atoms with Crippen molar-refractivity contribution in [3.05, 3.63) is 52.4 Å². The standard InChI is InChI=1S/C15H16ClNO4/c1-9-3-5-14(21-9)12(18)8-17-15(19)11-7-10(16)4-6-13(11)20-2/h3-7,12,18H,8H2,1-2H3,(H,17,19). The third-order valence-electron chi connectivity index (χ3n) is 2.95. The first-order valence-corrected chi connectivity index (χ1v) is 6.75. The van der Waals surface area contributed by atoms with Gasteiger partial charge in [-0.05, 0) is 37.3 Å². The molecular formula is C15H16ClNO4. The first-order valence-electron chi connectivity index (χ1n) is 6.37. The molecule has 1 aromatic carbocycles. The summed E-state index contributed by atoms with van der Waals surface area (Å²) < 4.78 is 10.4. The highest BCUT2D eigenvalue weighted by Crippen LogP contribution is 2.22. The highest BCUT2D eigenvalue weighted by molar-refractivity contribution is 6.31. The lowest BCUT2D eigenvalue weighted by Crippen LogP contribution is -2.28. The molecule has 1 unspecified atom stereocenters. The van der Waals surface area contributed by atoms with Gasteiger partial charge in [-0.15, -0.1) is 0 Å². The maximum absolute atomic E-state index is 12.1. The van der Waals surface area contributed by atoms with Gasteiger partial charge in [-0.25, -0.2) is 0 Å². The van der Waals surface area contributed by atoms with E-state index >= 15 is 0 Å². The molecule has 0 aliphatic rings. The molecule has 2 aromatic rings. The fraction of sp³-hybridized carbons (Fsp3) is 0.267. The molecule has 0 saturated heterocycles. The van der Waals surface area contributed by atoms with E-state index in [9.17, 15) is 9.90 Å². The second-order valence-electron chi connectivity index (χ2n) is 4.52. The molecule has 2 N–H and O–H groups in total. The van der Waals surface area contributed by atoms with Crippen molar-refractivity contribution in [3.8, 4) is 5.75 Å². The van der Waals surface area contributed by atoms with Crippen molar-refractivity contribution in [2.75, 3.05) is 13.7 Å². The Kier molecular flexibility index (Phi) is 4.88. The van der Waals surface area contributed by atoms with Crippen LogP contribution in [-0.4, -0.2) is 24.7 Å². The van der Waals surface area contributed by atoms with Crippen LogP contribution in [0.4, 0.5) is 0 Å². The number of benzene rings is 1. The van der Waals surface area contributed by atoms with Crippen molar-refractivity contribution in [2.24, 2.45) is 0 Å². The minimum Gasteiger partial charge on any atom is -0.496 e. The summed E-state index contributed by atoms with van der Waals surface area (Å²) in [7, 11) is 1.47. The number of aliphatic hydroxyl groups is 1. The Hall–Kier alpha value is -1.98. The summed E-state index contributed by atoms with van der Waals surface area (Å²) in [4.78, 5) is 12.1. The maximum atomic E-state index is 12.1. The molecule has 2 rings (SSSR count). The summed E-state index contributed by atoms with van der Waals surface area (Å²) >= 11 is 5.88. The van der Waals surface area contributed by atoms with Crippen LogP contribution >= 0.6 is 11.6 Å². The second-order valence-corrected chi connectivity index (χ2v) is 4.96. The molecule has 5 nitrogen and oxygen atoms in total. The van der Waals surface area contributed by atoms with Crippen molar-refractivity contribution in [1.82, 2.24) is 5.32 Å². The monoisotopic (exact) mass is 309 g/mol. The lowest BCUT2D eigenvalue weighted by molar-refractivity contribution is 0.0897. The van der Waals surface area contributed by atoms with Crippen molar-refractivity contribution >= 4 is 17.5 Å². The Balaban J connectivity index is 2.03. The Morgan fingerprint density at radius 2 is 2.19 bits per heavy atom. The number of hydrogen-bond acceptors (Lipinski definition) is 4. The summed E-state index contributed by atoms with van der Waals surface area (Å²) in [6.07, 6.45) is -0.909. The van der Waals surface area contributed by atoms with Crippen LogP contribution in [0.15, 0.2) is 34.7 Å². The number of ether oxygens (including phenoxy) is 1. The highest BCUT2D eigenvalue weighted by atomic mass is 35.5. The van der Waals surface area contributed by atoms with Crippen LogP contribution in [0.3, 0.4) is 0 Å². The number of rotatable bonds is 5. The molecule has 21 heavy (non-hydrogen) atoms. The maximum Gasteiger partial charge on any atom is 0.255 e. The van der Waals surface area contributed by atoms with Crippen LogP contribution in [0.25, 0.3) is 0 Å². The number of aryl methyl sites for hydroxylation is 1. The van der Waals surface area contributed by atoms with E-state index in [4.69, 9.17) is 20.8 Å². The van der Waals surface area contributed by atoms with Crippen LogP contribution in [0.1, 0.15) is 28.0 Å². The lowest BCUT2D eigenvalue weighted by Gasteiger charge is -2.12. The van der Waals surface area contributed by atoms with Crippen LogP contribution in [-0.2, 0) is 0 Å². The van der Waals surface area contributed by atoms with Gasteiger partial charge >= 0.3 is 0 Å². The van der Waals surface area contributed by atoms with Crippen LogP contribution in [0, 0.1) is 6.92 Å². The topological polar surface area (TPSA) is 71.7 Å². The largest absolute Gasteiger partial charge is 0.496 e. The third kappa shape index (κ3) is 3.77. The van der Waals surface area contributed by atoms with Crippen molar-refractivity contribution in [3.63, 3.8) is 0 Å². The van der Waals surface area contributed by atoms with Gasteiger partial charge in [-0.3, -0.25) is 4.79 Å². The number of aliphatic hydroxyl groups excluding tert-OH is 1. The zero-order valence-electron chi connectivity index (χ0n) is 11.7. The fourth-order valence-electron chi connectivity index (χ4n) is 1.88. The molecule has 1 heterocycles. The summed E-state index contributed by atoms with van der Waals surface area (Å²) in [5.41, 5.74) is 0.313. The quantitative estimate of drug-likeness (QED) is 0.891. The van der Waals surface area contributed by atoms with Gasteiger partial charge in [0.15, 0.2) is 0 Å². The first kappa shape index (κ1) is 15.4. The summed E-state index contributed by atoms with van der Waals surface area (Å²) in [6.45, 7) is 1.81. The van der Waals surface area contributed by atoms with Gasteiger partial charge in [0.05, 0.1) is 19.2 Å². The number of methoxy groups -OCH3 is 1. The number of halogens is 1. The summed E-state index contributed by atoms with van der Waals surface area (Å²) in [5.74, 6) is 1.15. The van der Waals surface area contributed by atoms with Gasteiger partial charge in [0, 0.05) is 5.02 Å². The lowest BCUT2D eigenvalue weighted by atomic mass is 10.2. The van der Waals surface area contributed by atoms with E-state index in [1.165, 1.54) is 13.2 Å². The number of furan rings is 1. The zero-order chi connectivity index (χ0) is 15.4. The Labute approximate surface area is 127 Å². The molecule has 1 atom stereocenters. The first-order chi connectivity index (χ1) is 10.0. The molecule has 0 aliphatic carbocycles. The molecule has 0 radical (unpaired) electrons. The number of amides is 1. The van der Waals surface area contributed by atoms with E-state index in [1.54, 1.807) is 31.2 Å². The fourth-order valence-corrected chi connectivity index (χ4v) is 2.05. The molecule has 112 valence electrons. The molecule has 0 spiro atoms. The average Bonchev–Trinajstić information content (AvgIpc) is 2.91. The van der Waals surface area contributed by atoms with Gasteiger partial charge in [0.25, 0.3) is 5.91 Å². The molecule has 0 aliphatic heterocycles. The number of hydrogen-bond donors (Lipinski definition) is 2. The number of nitrogens with one attached hydrogen (secondary N) is 1. The molecule has 6 heteroatoms. The number of carbonyl (C=O) groups is 1. The Bertz CT molecular complexity index is 638. The van der Waals surface area contributed by atoms with Gasteiger partial charge in [0.1, 0.15) is 23.4 Å². The van der Waals surface area contributed by atoms with Gasteiger partial charge in [-0.2, -0.15) is 0 Å². The molecule has 0 fully saturated rings. The number of carbonyl (C=O) groups excluding carboxylic acids is 1. The zero-order valence-corrected chi connectivity index (χ0v) is 12.5. The normalized spacial score (nSPS) is 12.0. The van der Waals surface area contributed by atoms with Crippen LogP contribution < -0.4 is 10.1 Å². The minimum atomic E-state index is -0.909. The highest BCUT2D eigenvalue weighted by Gasteiger charge is 2.16. The molecule has 0 bridgehead atoms. The van der Waals surface area contributed by atoms with Crippen LogP contribution in [0.2, 0.25) is 5.02 Å². The summed E-state index contributed by atoms with van der Waals surface area (Å²) in [6, 6.07) is 8.19. The van der Waals surface area contributed by atoms with Crippen molar-refractivity contribution < 1.29 is 19.1 Å². The second kappa shape index (κ2) is 6.65. The van der Waals surface area contributed by atoms with Crippen LogP contribution in [0.5, 0.6) is 5.75 Å². The van der Waals surface area contributed by atoms with E-state index in [-0.39, 0.29) is 12.5 Å². The van der Waals surface area contributed by atoms with Crippen molar-refractivity contribution in [2.45, 2.75) is 13.0 Å². The molecule has 1 aromatic heterocycles. The minimum absolute atomic E-state index is 0.0292. The van der Waals surface area contributed by atoms with Crippen molar-refractivity contribution in [1.29, 1.82) is 0 Å². The summed E-state index contributed by atoms with van der Waals surface area (Å²) in [5, 5.41) is 13.0. The van der Waals surface area contributed by atoms with E-state index in [0.29, 0.717) is 27.9 Å². The van der Waals surface area contributed by atoms with Gasteiger partial charge < -0.3 is 19.6 Å².